The highest BCUT2D eigenvalue weighted by molar-refractivity contribution is 6.13. The van der Waals surface area contributed by atoms with Crippen molar-refractivity contribution in [3.05, 3.63) is 117 Å². The van der Waals surface area contributed by atoms with E-state index < -0.39 is 4.92 Å². The number of ether oxygens (including phenoxy) is 1. The standard InChI is InChI=1S/C24H19NO4/c1-29-23-9-5-6-18(17-23)10-13-21(24(26)20-7-3-2-4-8-20)16-19-11-14-22(15-12-19)25(27)28/h2-17H,1H3/b13-10+,21-16?. The molecule has 0 aliphatic heterocycles. The van der Waals surface area contributed by atoms with Crippen LogP contribution in [0.1, 0.15) is 21.5 Å². The van der Waals surface area contributed by atoms with Crippen molar-refractivity contribution >= 4 is 23.6 Å². The molecule has 0 bridgehead atoms. The summed E-state index contributed by atoms with van der Waals surface area (Å²) >= 11 is 0. The Balaban J connectivity index is 1.97. The number of nitro benzene ring substituents is 1. The summed E-state index contributed by atoms with van der Waals surface area (Å²) in [5, 5.41) is 10.9. The van der Waals surface area contributed by atoms with Crippen LogP contribution in [0.25, 0.3) is 12.2 Å². The first kappa shape index (κ1) is 19.8. The Morgan fingerprint density at radius 3 is 2.31 bits per heavy atom. The van der Waals surface area contributed by atoms with Gasteiger partial charge in [-0.2, -0.15) is 0 Å². The van der Waals surface area contributed by atoms with Crippen LogP contribution in [-0.4, -0.2) is 17.8 Å². The SMILES string of the molecule is COc1cccc(/C=C/C(=Cc2ccc([N+](=O)[O-])cc2)C(=O)c2ccccc2)c1. The smallest absolute Gasteiger partial charge is 0.269 e. The lowest BCUT2D eigenvalue weighted by molar-refractivity contribution is -0.384. The fraction of sp³-hybridized carbons (Fsp3) is 0.0417. The Labute approximate surface area is 168 Å². The van der Waals surface area contributed by atoms with Crippen LogP contribution in [0.5, 0.6) is 5.75 Å². The largest absolute Gasteiger partial charge is 0.497 e. The fourth-order valence-corrected chi connectivity index (χ4v) is 2.75. The maximum atomic E-state index is 13.0. The van der Waals surface area contributed by atoms with E-state index in [1.54, 1.807) is 43.5 Å². The van der Waals surface area contributed by atoms with Gasteiger partial charge in [-0.15, -0.1) is 0 Å². The fourth-order valence-electron chi connectivity index (χ4n) is 2.75. The van der Waals surface area contributed by atoms with Gasteiger partial charge in [0, 0.05) is 23.3 Å². The molecule has 5 nitrogen and oxygen atoms in total. The zero-order chi connectivity index (χ0) is 20.6. The zero-order valence-electron chi connectivity index (χ0n) is 15.8. The molecule has 0 amide bonds. The molecule has 5 heteroatoms. The number of rotatable bonds is 7. The molecule has 0 N–H and O–H groups in total. The topological polar surface area (TPSA) is 69.4 Å². The van der Waals surface area contributed by atoms with Gasteiger partial charge in [0.05, 0.1) is 12.0 Å². The third-order valence-electron chi connectivity index (χ3n) is 4.27. The van der Waals surface area contributed by atoms with E-state index in [-0.39, 0.29) is 11.5 Å². The second-order valence-electron chi connectivity index (χ2n) is 6.25. The molecule has 0 aromatic heterocycles. The number of Topliss-reactive ketones (excluding diaryl/α,β-unsaturated/α-hetero) is 1. The van der Waals surface area contributed by atoms with Gasteiger partial charge in [-0.05, 0) is 41.5 Å². The number of hydrogen-bond donors (Lipinski definition) is 0. The summed E-state index contributed by atoms with van der Waals surface area (Å²) in [6, 6.07) is 22.6. The van der Waals surface area contributed by atoms with Gasteiger partial charge in [-0.3, -0.25) is 14.9 Å². The van der Waals surface area contributed by atoms with E-state index in [1.807, 2.05) is 48.5 Å². The predicted molar refractivity (Wildman–Crippen MR) is 114 cm³/mol. The molecule has 3 aromatic rings. The normalized spacial score (nSPS) is 11.4. The minimum absolute atomic E-state index is 0.00464. The first-order valence-corrected chi connectivity index (χ1v) is 8.95. The number of carbonyl (C=O) groups excluding carboxylic acids is 1. The van der Waals surface area contributed by atoms with E-state index in [1.165, 1.54) is 12.1 Å². The van der Waals surface area contributed by atoms with Crippen molar-refractivity contribution in [1.82, 2.24) is 0 Å². The summed E-state index contributed by atoms with van der Waals surface area (Å²) in [6.07, 6.45) is 5.29. The van der Waals surface area contributed by atoms with Crippen molar-refractivity contribution in [2.45, 2.75) is 0 Å². The minimum atomic E-state index is -0.452. The highest BCUT2D eigenvalue weighted by Crippen LogP contribution is 2.20. The first-order chi connectivity index (χ1) is 14.1. The van der Waals surface area contributed by atoms with Crippen molar-refractivity contribution in [1.29, 1.82) is 0 Å². The minimum Gasteiger partial charge on any atom is -0.497 e. The van der Waals surface area contributed by atoms with Gasteiger partial charge in [0.1, 0.15) is 5.75 Å². The number of methoxy groups -OCH3 is 1. The van der Waals surface area contributed by atoms with Crippen LogP contribution in [0.15, 0.2) is 90.5 Å². The summed E-state index contributed by atoms with van der Waals surface area (Å²) in [7, 11) is 1.60. The molecule has 0 unspecified atom stereocenters. The van der Waals surface area contributed by atoms with Gasteiger partial charge >= 0.3 is 0 Å². The van der Waals surface area contributed by atoms with E-state index in [0.717, 1.165) is 11.3 Å². The number of benzene rings is 3. The van der Waals surface area contributed by atoms with Crippen LogP contribution in [0, 0.1) is 10.1 Å². The molecular weight excluding hydrogens is 366 g/mol. The molecule has 0 saturated carbocycles. The highest BCUT2D eigenvalue weighted by atomic mass is 16.6. The Morgan fingerprint density at radius 1 is 0.931 bits per heavy atom. The quantitative estimate of drug-likeness (QED) is 0.175. The van der Waals surface area contributed by atoms with Gasteiger partial charge in [0.25, 0.3) is 5.69 Å². The van der Waals surface area contributed by atoms with Crippen molar-refractivity contribution in [3.8, 4) is 5.75 Å². The number of carbonyl (C=O) groups is 1. The molecule has 0 aliphatic carbocycles. The van der Waals surface area contributed by atoms with Crippen LogP contribution in [-0.2, 0) is 0 Å². The number of nitro groups is 1. The lowest BCUT2D eigenvalue weighted by atomic mass is 9.99. The van der Waals surface area contributed by atoms with Crippen LogP contribution in [0.4, 0.5) is 5.69 Å². The maximum absolute atomic E-state index is 13.0. The molecule has 3 rings (SSSR count). The van der Waals surface area contributed by atoms with Crippen molar-refractivity contribution in [3.63, 3.8) is 0 Å². The lowest BCUT2D eigenvalue weighted by Crippen LogP contribution is -2.01. The highest BCUT2D eigenvalue weighted by Gasteiger charge is 2.10. The third kappa shape index (κ3) is 5.26. The molecule has 144 valence electrons. The molecule has 29 heavy (non-hydrogen) atoms. The molecule has 0 spiro atoms. The van der Waals surface area contributed by atoms with Gasteiger partial charge in [0.2, 0.25) is 0 Å². The van der Waals surface area contributed by atoms with E-state index in [4.69, 9.17) is 4.74 Å². The monoisotopic (exact) mass is 385 g/mol. The van der Waals surface area contributed by atoms with Crippen LogP contribution in [0.2, 0.25) is 0 Å². The molecular formula is C24H19NO4. The average Bonchev–Trinajstić information content (AvgIpc) is 2.77. The van der Waals surface area contributed by atoms with Crippen LogP contribution in [0.3, 0.4) is 0 Å². The predicted octanol–water partition coefficient (Wildman–Crippen LogP) is 5.58. The summed E-state index contributed by atoms with van der Waals surface area (Å²) in [5.41, 5.74) is 2.62. The average molecular weight is 385 g/mol. The molecule has 0 heterocycles. The van der Waals surface area contributed by atoms with Crippen LogP contribution >= 0.6 is 0 Å². The number of ketones is 1. The van der Waals surface area contributed by atoms with Gasteiger partial charge in [0.15, 0.2) is 5.78 Å². The van der Waals surface area contributed by atoms with Crippen LogP contribution < -0.4 is 4.74 Å². The molecule has 0 radical (unpaired) electrons. The second kappa shape index (κ2) is 9.28. The Hall–Kier alpha value is -3.99. The molecule has 0 atom stereocenters. The summed E-state index contributed by atoms with van der Waals surface area (Å²) in [4.78, 5) is 23.4. The van der Waals surface area contributed by atoms with E-state index in [2.05, 4.69) is 0 Å². The Morgan fingerprint density at radius 2 is 1.66 bits per heavy atom. The molecule has 3 aromatic carbocycles. The van der Waals surface area contributed by atoms with E-state index in [0.29, 0.717) is 16.7 Å². The lowest BCUT2D eigenvalue weighted by Gasteiger charge is -2.04. The zero-order valence-corrected chi connectivity index (χ0v) is 15.8. The Bertz CT molecular complexity index is 1070. The number of non-ortho nitro benzene ring substituents is 1. The number of allylic oxidation sites excluding steroid dienone is 2. The van der Waals surface area contributed by atoms with Gasteiger partial charge in [-0.25, -0.2) is 0 Å². The summed E-state index contributed by atoms with van der Waals surface area (Å²) < 4.78 is 5.23. The second-order valence-corrected chi connectivity index (χ2v) is 6.25. The molecule has 0 saturated heterocycles. The third-order valence-corrected chi connectivity index (χ3v) is 4.27. The molecule has 0 aliphatic rings. The summed E-state index contributed by atoms with van der Waals surface area (Å²) in [5.74, 6) is 0.588. The number of nitrogens with zero attached hydrogens (tertiary/aromatic N) is 1. The number of hydrogen-bond acceptors (Lipinski definition) is 4. The van der Waals surface area contributed by atoms with Crippen molar-refractivity contribution < 1.29 is 14.5 Å². The van der Waals surface area contributed by atoms with E-state index in [9.17, 15) is 14.9 Å². The van der Waals surface area contributed by atoms with Crippen molar-refractivity contribution in [2.24, 2.45) is 0 Å². The van der Waals surface area contributed by atoms with Gasteiger partial charge < -0.3 is 4.74 Å². The molecule has 0 fully saturated rings. The Kier molecular flexibility index (Phi) is 6.32. The summed E-state index contributed by atoms with van der Waals surface area (Å²) in [6.45, 7) is 0. The maximum Gasteiger partial charge on any atom is 0.269 e. The first-order valence-electron chi connectivity index (χ1n) is 8.95. The van der Waals surface area contributed by atoms with Gasteiger partial charge in [-0.1, -0.05) is 54.6 Å². The van der Waals surface area contributed by atoms with Crippen molar-refractivity contribution in [2.75, 3.05) is 7.11 Å². The van der Waals surface area contributed by atoms with E-state index >= 15 is 0 Å².